The molecule has 1 aromatic carbocycles. The van der Waals surface area contributed by atoms with E-state index in [4.69, 9.17) is 0 Å². The Morgan fingerprint density at radius 1 is 0.818 bits per heavy atom. The third kappa shape index (κ3) is 8.41. The smallest absolute Gasteiger partial charge is 0.416 e. The molecular formula is C28H32F3N9O4. The van der Waals surface area contributed by atoms with Crippen LogP contribution in [0.1, 0.15) is 78.5 Å². The number of carboxylic acids is 2. The molecule has 4 rings (SSSR count). The number of hydrogen-bond donors (Lipinski definition) is 4. The molecule has 0 spiro atoms. The van der Waals surface area contributed by atoms with Gasteiger partial charge in [0, 0.05) is 30.1 Å². The lowest BCUT2D eigenvalue weighted by Gasteiger charge is -2.22. The molecule has 44 heavy (non-hydrogen) atoms. The van der Waals surface area contributed by atoms with Crippen LogP contribution in [0.5, 0.6) is 0 Å². The monoisotopic (exact) mass is 615 g/mol. The number of benzene rings is 1. The van der Waals surface area contributed by atoms with Gasteiger partial charge in [0.25, 0.3) is 0 Å². The predicted molar refractivity (Wildman–Crippen MR) is 147 cm³/mol. The van der Waals surface area contributed by atoms with Crippen molar-refractivity contribution in [1.82, 2.24) is 46.2 Å². The highest BCUT2D eigenvalue weighted by molar-refractivity contribution is 5.71. The fourth-order valence-electron chi connectivity index (χ4n) is 5.34. The number of aliphatic carboxylic acids is 2. The van der Waals surface area contributed by atoms with Gasteiger partial charge in [-0.15, -0.1) is 20.4 Å². The van der Waals surface area contributed by atoms with Crippen LogP contribution >= 0.6 is 0 Å². The molecule has 13 nitrogen and oxygen atoms in total. The van der Waals surface area contributed by atoms with Crippen molar-refractivity contribution < 1.29 is 33.0 Å². The second kappa shape index (κ2) is 14.6. The van der Waals surface area contributed by atoms with Crippen LogP contribution in [0.15, 0.2) is 42.6 Å². The fraction of sp³-hybridized carbons (Fsp3) is 0.464. The Balaban J connectivity index is 1.42. The topological polar surface area (TPSA) is 196 Å². The number of pyridine rings is 1. The number of carbonyl (C=O) groups is 2. The van der Waals surface area contributed by atoms with Gasteiger partial charge < -0.3 is 10.2 Å². The first kappa shape index (κ1) is 32.2. The molecule has 16 heteroatoms. The first-order valence-corrected chi connectivity index (χ1v) is 14.1. The Morgan fingerprint density at radius 2 is 1.39 bits per heavy atom. The average molecular weight is 616 g/mol. The van der Waals surface area contributed by atoms with Crippen molar-refractivity contribution in [1.29, 1.82) is 0 Å². The number of halogens is 3. The molecule has 0 aliphatic heterocycles. The van der Waals surface area contributed by atoms with E-state index < -0.39 is 47.3 Å². The zero-order chi connectivity index (χ0) is 31.7. The van der Waals surface area contributed by atoms with E-state index in [1.54, 1.807) is 12.3 Å². The van der Waals surface area contributed by atoms with Crippen LogP contribution in [0, 0.1) is 11.8 Å². The van der Waals surface area contributed by atoms with Crippen molar-refractivity contribution in [2.45, 2.75) is 69.9 Å². The summed E-state index contributed by atoms with van der Waals surface area (Å²) in [5.41, 5.74) is 1.24. The van der Waals surface area contributed by atoms with Crippen LogP contribution in [0.2, 0.25) is 0 Å². The molecule has 0 fully saturated rings. The number of tetrazole rings is 2. The second-order valence-corrected chi connectivity index (χ2v) is 10.6. The van der Waals surface area contributed by atoms with Gasteiger partial charge in [-0.2, -0.15) is 23.6 Å². The van der Waals surface area contributed by atoms with E-state index in [2.05, 4.69) is 46.2 Å². The lowest BCUT2D eigenvalue weighted by Crippen LogP contribution is -2.25. The summed E-state index contributed by atoms with van der Waals surface area (Å²) in [5, 5.41) is 47.7. The minimum absolute atomic E-state index is 0.113. The van der Waals surface area contributed by atoms with Crippen molar-refractivity contribution in [3.8, 4) is 0 Å². The lowest BCUT2D eigenvalue weighted by molar-refractivity contribution is -0.144. The highest BCUT2D eigenvalue weighted by atomic mass is 19.4. The molecule has 0 bridgehead atoms. The minimum atomic E-state index is -4.48. The van der Waals surface area contributed by atoms with Gasteiger partial charge in [-0.1, -0.05) is 42.0 Å². The first-order chi connectivity index (χ1) is 21.1. The highest BCUT2D eigenvalue weighted by Gasteiger charge is 2.34. The summed E-state index contributed by atoms with van der Waals surface area (Å²) in [7, 11) is 0. The van der Waals surface area contributed by atoms with Crippen LogP contribution in [-0.4, -0.2) is 68.4 Å². The fourth-order valence-corrected chi connectivity index (χ4v) is 5.34. The summed E-state index contributed by atoms with van der Waals surface area (Å²) in [4.78, 5) is 28.8. The molecule has 0 saturated carbocycles. The molecule has 4 unspecified atom stereocenters. The molecule has 0 saturated heterocycles. The van der Waals surface area contributed by atoms with E-state index in [1.165, 1.54) is 12.1 Å². The van der Waals surface area contributed by atoms with Gasteiger partial charge >= 0.3 is 18.1 Å². The molecule has 0 aliphatic rings. The van der Waals surface area contributed by atoms with Gasteiger partial charge in [0.05, 0.1) is 17.4 Å². The van der Waals surface area contributed by atoms with Crippen LogP contribution in [-0.2, 0) is 35.0 Å². The Morgan fingerprint density at radius 3 is 1.86 bits per heavy atom. The Bertz CT molecular complexity index is 1470. The van der Waals surface area contributed by atoms with E-state index in [9.17, 15) is 33.0 Å². The zero-order valence-corrected chi connectivity index (χ0v) is 23.8. The third-order valence-electron chi connectivity index (χ3n) is 7.62. The van der Waals surface area contributed by atoms with E-state index in [1.807, 2.05) is 13.0 Å². The lowest BCUT2D eigenvalue weighted by atomic mass is 9.82. The second-order valence-electron chi connectivity index (χ2n) is 10.6. The largest absolute Gasteiger partial charge is 0.481 e. The molecule has 4 N–H and O–H groups in total. The summed E-state index contributed by atoms with van der Waals surface area (Å²) < 4.78 is 39.0. The number of nitrogens with one attached hydrogen (secondary N) is 2. The number of carboxylic acid groups (broad SMARTS) is 2. The number of hydrogen-bond acceptors (Lipinski definition) is 9. The predicted octanol–water partition coefficient (Wildman–Crippen LogP) is 4.00. The molecule has 234 valence electrons. The quantitative estimate of drug-likeness (QED) is 0.142. The zero-order valence-electron chi connectivity index (χ0n) is 23.8. The van der Waals surface area contributed by atoms with Crippen molar-refractivity contribution in [2.75, 3.05) is 0 Å². The third-order valence-corrected chi connectivity index (χ3v) is 7.62. The Hall–Kier alpha value is -4.76. The normalized spacial score (nSPS) is 14.5. The van der Waals surface area contributed by atoms with Gasteiger partial charge in [0.2, 0.25) is 0 Å². The van der Waals surface area contributed by atoms with Crippen LogP contribution in [0.25, 0.3) is 0 Å². The first-order valence-electron chi connectivity index (χ1n) is 14.1. The average Bonchev–Trinajstić information content (AvgIpc) is 3.72. The standard InChI is InChI=1S/C28H32F3N9O4/c1-2-4-20(26(41)42)23(25-35-39-40-36-25)14-19-12-9-17(15-32-19)5-3-6-21(27(43)44)22(24-33-37-38-34-24)13-16-7-10-18(11-8-16)28(29,30)31/h7-12,15,20-23H,2-6,13-14H2,1H3,(H,41,42)(H,43,44)(H,33,34,37,38)(H,35,36,39,40). The van der Waals surface area contributed by atoms with Crippen molar-refractivity contribution in [3.05, 3.63) is 76.6 Å². The maximum absolute atomic E-state index is 13.0. The number of aryl methyl sites for hydroxylation is 1. The van der Waals surface area contributed by atoms with E-state index in [0.717, 1.165) is 17.7 Å². The summed E-state index contributed by atoms with van der Waals surface area (Å²) in [6.45, 7) is 1.91. The molecule has 0 radical (unpaired) electrons. The van der Waals surface area contributed by atoms with Gasteiger partial charge in [-0.05, 0) is 61.4 Å². The van der Waals surface area contributed by atoms with Crippen LogP contribution < -0.4 is 0 Å². The van der Waals surface area contributed by atoms with Crippen molar-refractivity contribution >= 4 is 11.9 Å². The minimum Gasteiger partial charge on any atom is -0.481 e. The summed E-state index contributed by atoms with van der Waals surface area (Å²) >= 11 is 0. The van der Waals surface area contributed by atoms with Gasteiger partial charge in [-0.3, -0.25) is 14.6 Å². The molecular weight excluding hydrogens is 583 g/mol. The molecule has 4 aromatic rings. The van der Waals surface area contributed by atoms with Gasteiger partial charge in [-0.25, -0.2) is 0 Å². The number of alkyl halides is 3. The van der Waals surface area contributed by atoms with Gasteiger partial charge in [0.15, 0.2) is 11.6 Å². The maximum atomic E-state index is 13.0. The highest BCUT2D eigenvalue weighted by Crippen LogP contribution is 2.33. The summed E-state index contributed by atoms with van der Waals surface area (Å²) in [5.74, 6) is -4.42. The maximum Gasteiger partial charge on any atom is 0.416 e. The number of aromatic amines is 2. The number of rotatable bonds is 16. The Labute approximate surface area is 249 Å². The molecule has 3 heterocycles. The van der Waals surface area contributed by atoms with E-state index in [-0.39, 0.29) is 18.7 Å². The SMILES string of the molecule is CCCC(C(=O)O)C(Cc1ccc(CCCC(C(=O)O)C(Cc2ccc(C(F)(F)F)cc2)c2nn[nH]n2)cn1)c1nn[nH]n1. The molecule has 3 aromatic heterocycles. The number of H-pyrrole nitrogens is 2. The summed E-state index contributed by atoms with van der Waals surface area (Å²) in [6, 6.07) is 8.24. The van der Waals surface area contributed by atoms with Crippen molar-refractivity contribution in [2.24, 2.45) is 11.8 Å². The number of nitrogens with zero attached hydrogens (tertiary/aromatic N) is 7. The van der Waals surface area contributed by atoms with Crippen LogP contribution in [0.3, 0.4) is 0 Å². The van der Waals surface area contributed by atoms with E-state index in [0.29, 0.717) is 49.2 Å². The van der Waals surface area contributed by atoms with Crippen LogP contribution in [0.4, 0.5) is 13.2 Å². The van der Waals surface area contributed by atoms with E-state index >= 15 is 0 Å². The molecule has 4 atom stereocenters. The van der Waals surface area contributed by atoms with Crippen molar-refractivity contribution in [3.63, 3.8) is 0 Å². The molecule has 0 amide bonds. The molecule has 0 aliphatic carbocycles. The Kier molecular flexibility index (Phi) is 10.7. The number of aromatic nitrogens is 9. The van der Waals surface area contributed by atoms with Gasteiger partial charge in [0.1, 0.15) is 0 Å². The summed E-state index contributed by atoms with van der Waals surface area (Å²) in [6.07, 6.45) is -0.0419.